The lowest BCUT2D eigenvalue weighted by molar-refractivity contribution is 0.0733. The highest BCUT2D eigenvalue weighted by Crippen LogP contribution is 2.34. The molecule has 1 aliphatic rings. The summed E-state index contributed by atoms with van der Waals surface area (Å²) in [6.45, 7) is 5.71. The van der Waals surface area contributed by atoms with Gasteiger partial charge in [0.15, 0.2) is 0 Å². The van der Waals surface area contributed by atoms with E-state index in [1.54, 1.807) is 25.1 Å². The third-order valence-electron chi connectivity index (χ3n) is 6.08. The minimum absolute atomic E-state index is 0.103. The predicted octanol–water partition coefficient (Wildman–Crippen LogP) is 2.50. The zero-order valence-electron chi connectivity index (χ0n) is 21.3. The van der Waals surface area contributed by atoms with Gasteiger partial charge in [0.25, 0.3) is 0 Å². The summed E-state index contributed by atoms with van der Waals surface area (Å²) in [5.41, 5.74) is 1.90. The molecule has 0 aliphatic carbocycles. The van der Waals surface area contributed by atoms with Gasteiger partial charge in [-0.05, 0) is 51.8 Å². The third-order valence-corrected chi connectivity index (χ3v) is 8.10. The van der Waals surface area contributed by atoms with E-state index in [1.165, 1.54) is 9.87 Å². The molecule has 3 atom stereocenters. The topological polar surface area (TPSA) is 73.3 Å². The number of likely N-dealkylation sites (N-methyl/N-ethyl adjacent to an activating group) is 1. The van der Waals surface area contributed by atoms with Crippen LogP contribution in [0.3, 0.4) is 0 Å². The summed E-state index contributed by atoms with van der Waals surface area (Å²) < 4.78 is 35.0. The molecule has 0 amide bonds. The van der Waals surface area contributed by atoms with Crippen LogP contribution in [0.5, 0.6) is 5.75 Å². The van der Waals surface area contributed by atoms with Gasteiger partial charge in [0.1, 0.15) is 16.7 Å². The lowest BCUT2D eigenvalue weighted by Gasteiger charge is -2.37. The van der Waals surface area contributed by atoms with Gasteiger partial charge in [-0.1, -0.05) is 49.1 Å². The number of hydrogen-bond acceptors (Lipinski definition) is 6. The third kappa shape index (κ3) is 7.06. The SMILES string of the molecule is C[C@@H]1CN([C@@H](C)CO)S(=O)(=O)c2ccc(C#CCN(C)C)cc2O[C@@H]1CN(C)Cc1ccccc1. The molecule has 0 saturated heterocycles. The van der Waals surface area contributed by atoms with E-state index in [0.717, 1.165) is 6.54 Å². The van der Waals surface area contributed by atoms with Crippen LogP contribution in [0.4, 0.5) is 0 Å². The van der Waals surface area contributed by atoms with E-state index in [4.69, 9.17) is 4.74 Å². The van der Waals surface area contributed by atoms with Gasteiger partial charge in [-0.2, -0.15) is 4.31 Å². The number of benzene rings is 2. The molecule has 190 valence electrons. The van der Waals surface area contributed by atoms with Crippen molar-refractivity contribution in [3.63, 3.8) is 0 Å². The zero-order valence-corrected chi connectivity index (χ0v) is 22.1. The first-order valence-corrected chi connectivity index (χ1v) is 13.3. The van der Waals surface area contributed by atoms with Crippen molar-refractivity contribution in [2.45, 2.75) is 37.4 Å². The Labute approximate surface area is 210 Å². The number of aliphatic hydroxyl groups is 1. The summed E-state index contributed by atoms with van der Waals surface area (Å²) in [5.74, 6) is 6.40. The summed E-state index contributed by atoms with van der Waals surface area (Å²) >= 11 is 0. The number of ether oxygens (including phenoxy) is 1. The summed E-state index contributed by atoms with van der Waals surface area (Å²) in [6.07, 6.45) is -0.253. The van der Waals surface area contributed by atoms with E-state index in [2.05, 4.69) is 28.9 Å². The quantitative estimate of drug-likeness (QED) is 0.591. The number of fused-ring (bicyclic) bond motifs is 1. The molecule has 2 aromatic rings. The van der Waals surface area contributed by atoms with Crippen molar-refractivity contribution in [1.29, 1.82) is 0 Å². The molecule has 0 bridgehead atoms. The van der Waals surface area contributed by atoms with E-state index >= 15 is 0 Å². The Bertz CT molecular complexity index is 1140. The standard InChI is InChI=1S/C27H37N3O4S/c1-21-17-30(22(2)20-31)35(32,33)27-14-13-23(12-9-15-28(3)4)16-25(27)34-26(21)19-29(5)18-24-10-7-6-8-11-24/h6-8,10-11,13-14,16,21-22,26,31H,15,17-20H2,1-5H3/t21-,22+,26-/m1/s1. The van der Waals surface area contributed by atoms with Crippen molar-refractivity contribution < 1.29 is 18.3 Å². The highest BCUT2D eigenvalue weighted by Gasteiger charge is 2.38. The van der Waals surface area contributed by atoms with Crippen molar-refractivity contribution in [3.05, 3.63) is 59.7 Å². The van der Waals surface area contributed by atoms with Crippen LogP contribution in [0.25, 0.3) is 0 Å². The number of aliphatic hydroxyl groups excluding tert-OH is 1. The van der Waals surface area contributed by atoms with Crippen LogP contribution in [0.15, 0.2) is 53.4 Å². The van der Waals surface area contributed by atoms with E-state index in [9.17, 15) is 13.5 Å². The molecule has 0 saturated carbocycles. The van der Waals surface area contributed by atoms with Crippen molar-refractivity contribution in [3.8, 4) is 17.6 Å². The molecular weight excluding hydrogens is 462 g/mol. The molecule has 0 radical (unpaired) electrons. The van der Waals surface area contributed by atoms with Crippen LogP contribution >= 0.6 is 0 Å². The van der Waals surface area contributed by atoms with Gasteiger partial charge in [0, 0.05) is 37.2 Å². The first-order chi connectivity index (χ1) is 16.6. The van der Waals surface area contributed by atoms with Gasteiger partial charge in [0.05, 0.1) is 13.2 Å². The van der Waals surface area contributed by atoms with Gasteiger partial charge in [0.2, 0.25) is 10.0 Å². The highest BCUT2D eigenvalue weighted by molar-refractivity contribution is 7.89. The normalized spacial score (nSPS) is 20.8. The molecule has 2 aromatic carbocycles. The summed E-state index contributed by atoms with van der Waals surface area (Å²) in [6, 6.07) is 14.7. The Balaban J connectivity index is 1.97. The Morgan fingerprint density at radius 2 is 1.89 bits per heavy atom. The highest BCUT2D eigenvalue weighted by atomic mass is 32.2. The maximum atomic E-state index is 13.6. The van der Waals surface area contributed by atoms with Crippen molar-refractivity contribution >= 4 is 10.0 Å². The van der Waals surface area contributed by atoms with Gasteiger partial charge in [-0.3, -0.25) is 9.80 Å². The molecule has 0 aromatic heterocycles. The molecule has 3 rings (SSSR count). The lowest BCUT2D eigenvalue weighted by atomic mass is 10.0. The van der Waals surface area contributed by atoms with Gasteiger partial charge >= 0.3 is 0 Å². The van der Waals surface area contributed by atoms with Crippen LogP contribution in [0.1, 0.15) is 25.0 Å². The zero-order chi connectivity index (χ0) is 25.6. The second-order valence-electron chi connectivity index (χ2n) is 9.62. The van der Waals surface area contributed by atoms with E-state index in [0.29, 0.717) is 24.4 Å². The number of rotatable bonds is 7. The molecule has 35 heavy (non-hydrogen) atoms. The average molecular weight is 500 g/mol. The first-order valence-electron chi connectivity index (χ1n) is 11.9. The fraction of sp³-hybridized carbons (Fsp3) is 0.481. The van der Waals surface area contributed by atoms with E-state index in [-0.39, 0.29) is 30.1 Å². The molecule has 7 nitrogen and oxygen atoms in total. The molecule has 1 heterocycles. The second-order valence-corrected chi connectivity index (χ2v) is 11.5. The predicted molar refractivity (Wildman–Crippen MR) is 139 cm³/mol. The number of hydrogen-bond donors (Lipinski definition) is 1. The van der Waals surface area contributed by atoms with E-state index < -0.39 is 16.1 Å². The second kappa shape index (κ2) is 12.0. The number of nitrogens with zero attached hydrogens (tertiary/aromatic N) is 3. The monoisotopic (exact) mass is 499 g/mol. The molecule has 0 unspecified atom stereocenters. The maximum Gasteiger partial charge on any atom is 0.247 e. The van der Waals surface area contributed by atoms with Crippen molar-refractivity contribution in [2.24, 2.45) is 5.92 Å². The van der Waals surface area contributed by atoms with Crippen LogP contribution in [-0.2, 0) is 16.6 Å². The largest absolute Gasteiger partial charge is 0.487 e. The Kier molecular flexibility index (Phi) is 9.34. The van der Waals surface area contributed by atoms with Crippen LogP contribution < -0.4 is 4.74 Å². The Hall–Kier alpha value is -2.41. The van der Waals surface area contributed by atoms with Gasteiger partial charge < -0.3 is 9.84 Å². The van der Waals surface area contributed by atoms with Crippen molar-refractivity contribution in [1.82, 2.24) is 14.1 Å². The minimum Gasteiger partial charge on any atom is -0.487 e. The van der Waals surface area contributed by atoms with Crippen LogP contribution in [0, 0.1) is 17.8 Å². The first kappa shape index (κ1) is 27.2. The maximum absolute atomic E-state index is 13.6. The number of sulfonamides is 1. The molecule has 0 spiro atoms. The minimum atomic E-state index is -3.86. The molecule has 0 fully saturated rings. The van der Waals surface area contributed by atoms with Crippen LogP contribution in [-0.4, -0.2) is 87.2 Å². The summed E-state index contributed by atoms with van der Waals surface area (Å²) in [4.78, 5) is 4.27. The lowest BCUT2D eigenvalue weighted by Crippen LogP contribution is -2.49. The summed E-state index contributed by atoms with van der Waals surface area (Å²) in [7, 11) is 2.07. The molecule has 1 aliphatic heterocycles. The summed E-state index contributed by atoms with van der Waals surface area (Å²) in [5, 5.41) is 9.81. The molecular formula is C27H37N3O4S. The fourth-order valence-electron chi connectivity index (χ4n) is 4.09. The fourth-order valence-corrected chi connectivity index (χ4v) is 5.91. The van der Waals surface area contributed by atoms with Crippen molar-refractivity contribution in [2.75, 3.05) is 47.4 Å². The Morgan fingerprint density at radius 1 is 1.17 bits per heavy atom. The van der Waals surface area contributed by atoms with E-state index in [1.807, 2.05) is 51.2 Å². The smallest absolute Gasteiger partial charge is 0.247 e. The molecule has 1 N–H and O–H groups in total. The van der Waals surface area contributed by atoms with Gasteiger partial charge in [-0.15, -0.1) is 0 Å². The van der Waals surface area contributed by atoms with Crippen LogP contribution in [0.2, 0.25) is 0 Å². The Morgan fingerprint density at radius 3 is 2.54 bits per heavy atom. The molecule has 8 heteroatoms. The van der Waals surface area contributed by atoms with Gasteiger partial charge in [-0.25, -0.2) is 8.42 Å². The average Bonchev–Trinajstić information content (AvgIpc) is 2.81.